The predicted molar refractivity (Wildman–Crippen MR) is 85.3 cm³/mol. The van der Waals surface area contributed by atoms with Crippen molar-refractivity contribution in [1.82, 2.24) is 10.1 Å². The lowest BCUT2D eigenvalue weighted by atomic mass is 10.1. The zero-order valence-electron chi connectivity index (χ0n) is 13.9. The molecule has 0 bridgehead atoms. The first kappa shape index (κ1) is 20.0. The molecule has 0 aliphatic carbocycles. The monoisotopic (exact) mass is 394 g/mol. The molecular formula is C16H15ClF4N2O3. The molecule has 1 amide bonds. The molecule has 0 spiro atoms. The lowest BCUT2D eigenvalue weighted by Crippen LogP contribution is -2.34. The minimum atomic E-state index is -4.75. The van der Waals surface area contributed by atoms with Gasteiger partial charge < -0.3 is 14.2 Å². The number of aromatic nitrogens is 1. The Morgan fingerprint density at radius 2 is 1.92 bits per heavy atom. The van der Waals surface area contributed by atoms with E-state index in [2.05, 4.69) is 9.68 Å². The Hall–Kier alpha value is -2.29. The summed E-state index contributed by atoms with van der Waals surface area (Å²) in [6.45, 7) is 4.22. The second-order valence-corrected chi connectivity index (χ2v) is 5.60. The molecule has 0 N–H and O–H groups in total. The van der Waals surface area contributed by atoms with Gasteiger partial charge in [-0.25, -0.2) is 4.39 Å². The maximum absolute atomic E-state index is 14.1. The number of hydrogen-bond acceptors (Lipinski definition) is 4. The number of alkyl halides is 3. The summed E-state index contributed by atoms with van der Waals surface area (Å²) in [6.07, 6.45) is -4.75. The lowest BCUT2D eigenvalue weighted by molar-refractivity contribution is -0.155. The molecule has 0 saturated carbocycles. The summed E-state index contributed by atoms with van der Waals surface area (Å²) in [7, 11) is 0. The largest absolute Gasteiger partial charge is 0.482 e. The summed E-state index contributed by atoms with van der Waals surface area (Å²) in [4.78, 5) is 13.5. The predicted octanol–water partition coefficient (Wildman–Crippen LogP) is 4.40. The van der Waals surface area contributed by atoms with Crippen LogP contribution in [0.25, 0.3) is 11.3 Å². The normalized spacial score (nSPS) is 11.5. The molecule has 1 heterocycles. The van der Waals surface area contributed by atoms with E-state index >= 15 is 0 Å². The Balaban J connectivity index is 2.26. The van der Waals surface area contributed by atoms with Crippen LogP contribution in [0.2, 0.25) is 5.02 Å². The van der Waals surface area contributed by atoms with Gasteiger partial charge in [-0.15, -0.1) is 0 Å². The molecule has 0 fully saturated rings. The number of amides is 1. The van der Waals surface area contributed by atoms with Crippen molar-refractivity contribution >= 4 is 17.5 Å². The fourth-order valence-electron chi connectivity index (χ4n) is 2.18. The van der Waals surface area contributed by atoms with Crippen LogP contribution in [0.5, 0.6) is 5.75 Å². The Morgan fingerprint density at radius 1 is 1.27 bits per heavy atom. The Morgan fingerprint density at radius 3 is 2.46 bits per heavy atom. The van der Waals surface area contributed by atoms with E-state index in [9.17, 15) is 22.4 Å². The van der Waals surface area contributed by atoms with Gasteiger partial charge in [-0.3, -0.25) is 4.79 Å². The maximum Gasteiger partial charge on any atom is 0.452 e. The molecule has 142 valence electrons. The SMILES string of the molecule is CCN(CC)C(=O)COc1cc(-c2cc(C(F)(F)F)on2)c(F)cc1Cl. The van der Waals surface area contributed by atoms with Crippen LogP contribution in [-0.4, -0.2) is 35.7 Å². The second kappa shape index (κ2) is 7.94. The van der Waals surface area contributed by atoms with Crippen molar-refractivity contribution in [2.75, 3.05) is 19.7 Å². The van der Waals surface area contributed by atoms with Gasteiger partial charge in [-0.1, -0.05) is 16.8 Å². The molecule has 2 rings (SSSR count). The third-order valence-corrected chi connectivity index (χ3v) is 3.85. The molecule has 10 heteroatoms. The third-order valence-electron chi connectivity index (χ3n) is 3.55. The Kier molecular flexibility index (Phi) is 6.12. The van der Waals surface area contributed by atoms with Gasteiger partial charge in [0.05, 0.1) is 5.02 Å². The summed E-state index contributed by atoms with van der Waals surface area (Å²) in [5, 5.41) is 3.10. The number of ether oxygens (including phenoxy) is 1. The van der Waals surface area contributed by atoms with Gasteiger partial charge in [-0.2, -0.15) is 13.2 Å². The fraction of sp³-hybridized carbons (Fsp3) is 0.375. The summed E-state index contributed by atoms with van der Waals surface area (Å²) < 4.78 is 61.4. The molecule has 26 heavy (non-hydrogen) atoms. The van der Waals surface area contributed by atoms with Crippen LogP contribution in [0.1, 0.15) is 19.6 Å². The van der Waals surface area contributed by atoms with Gasteiger partial charge >= 0.3 is 6.18 Å². The number of benzene rings is 1. The summed E-state index contributed by atoms with van der Waals surface area (Å²) in [5.41, 5.74) is -0.662. The molecule has 0 atom stereocenters. The average Bonchev–Trinajstić information content (AvgIpc) is 3.05. The van der Waals surface area contributed by atoms with E-state index in [1.54, 1.807) is 13.8 Å². The topological polar surface area (TPSA) is 55.6 Å². The number of carbonyl (C=O) groups excluding carboxylic acids is 1. The lowest BCUT2D eigenvalue weighted by Gasteiger charge is -2.19. The molecule has 0 unspecified atom stereocenters. The minimum Gasteiger partial charge on any atom is -0.482 e. The van der Waals surface area contributed by atoms with E-state index in [0.29, 0.717) is 19.2 Å². The number of halogens is 5. The Labute approximate surface area is 151 Å². The maximum atomic E-state index is 14.1. The van der Waals surface area contributed by atoms with Crippen molar-refractivity contribution in [1.29, 1.82) is 0 Å². The highest BCUT2D eigenvalue weighted by molar-refractivity contribution is 6.32. The van der Waals surface area contributed by atoms with Gasteiger partial charge in [0.2, 0.25) is 5.76 Å². The molecular weight excluding hydrogens is 380 g/mol. The first-order valence-electron chi connectivity index (χ1n) is 7.61. The van der Waals surface area contributed by atoms with Crippen LogP contribution in [0.4, 0.5) is 17.6 Å². The molecule has 1 aromatic heterocycles. The molecule has 0 radical (unpaired) electrons. The van der Waals surface area contributed by atoms with Gasteiger partial charge in [0, 0.05) is 24.7 Å². The number of hydrogen-bond donors (Lipinski definition) is 0. The first-order valence-corrected chi connectivity index (χ1v) is 7.99. The molecule has 0 aliphatic rings. The van der Waals surface area contributed by atoms with Crippen molar-refractivity contribution in [2.45, 2.75) is 20.0 Å². The highest BCUT2D eigenvalue weighted by Crippen LogP contribution is 2.36. The molecule has 1 aromatic carbocycles. The average molecular weight is 395 g/mol. The number of likely N-dealkylation sites (N-methyl/N-ethyl adjacent to an activating group) is 1. The van der Waals surface area contributed by atoms with Crippen LogP contribution in [0, 0.1) is 5.82 Å². The van der Waals surface area contributed by atoms with Gasteiger partial charge in [0.15, 0.2) is 6.61 Å². The van der Waals surface area contributed by atoms with E-state index in [-0.39, 0.29) is 34.5 Å². The van der Waals surface area contributed by atoms with Crippen LogP contribution in [0.3, 0.4) is 0 Å². The quantitative estimate of drug-likeness (QED) is 0.681. The van der Waals surface area contributed by atoms with Crippen molar-refractivity contribution in [3.63, 3.8) is 0 Å². The summed E-state index contributed by atoms with van der Waals surface area (Å²) in [6, 6.07) is 2.51. The molecule has 5 nitrogen and oxygen atoms in total. The van der Waals surface area contributed by atoms with Crippen LogP contribution >= 0.6 is 11.6 Å². The van der Waals surface area contributed by atoms with Crippen molar-refractivity contribution in [3.05, 3.63) is 34.8 Å². The van der Waals surface area contributed by atoms with Crippen LogP contribution < -0.4 is 4.74 Å². The van der Waals surface area contributed by atoms with Crippen molar-refractivity contribution in [2.24, 2.45) is 0 Å². The standard InChI is InChI=1S/C16H15ClF4N2O3/c1-3-23(4-2)15(24)8-25-13-5-9(11(18)6-10(13)17)12-7-14(26-22-12)16(19,20)21/h5-7H,3-4,8H2,1-2H3. The number of rotatable bonds is 6. The van der Waals surface area contributed by atoms with Crippen LogP contribution in [-0.2, 0) is 11.0 Å². The summed E-state index contributed by atoms with van der Waals surface area (Å²) >= 11 is 5.88. The minimum absolute atomic E-state index is 0.0554. The van der Waals surface area contributed by atoms with E-state index < -0.39 is 17.8 Å². The second-order valence-electron chi connectivity index (χ2n) is 5.19. The zero-order valence-corrected chi connectivity index (χ0v) is 14.6. The third kappa shape index (κ3) is 4.46. The van der Waals surface area contributed by atoms with Crippen molar-refractivity contribution < 1.29 is 31.6 Å². The number of nitrogens with zero attached hydrogens (tertiary/aromatic N) is 2. The number of carbonyl (C=O) groups is 1. The molecule has 0 aliphatic heterocycles. The van der Waals surface area contributed by atoms with E-state index in [1.807, 2.05) is 0 Å². The smallest absolute Gasteiger partial charge is 0.452 e. The zero-order chi connectivity index (χ0) is 19.5. The van der Waals surface area contributed by atoms with E-state index in [4.69, 9.17) is 16.3 Å². The first-order chi connectivity index (χ1) is 12.2. The highest BCUT2D eigenvalue weighted by Gasteiger charge is 2.36. The molecule has 0 saturated heterocycles. The summed E-state index contributed by atoms with van der Waals surface area (Å²) in [5.74, 6) is -2.63. The molecule has 2 aromatic rings. The van der Waals surface area contributed by atoms with E-state index in [1.165, 1.54) is 4.90 Å². The van der Waals surface area contributed by atoms with Crippen LogP contribution in [0.15, 0.2) is 22.7 Å². The van der Waals surface area contributed by atoms with Gasteiger partial charge in [0.1, 0.15) is 17.3 Å². The Bertz CT molecular complexity index is 788. The fourth-order valence-corrected chi connectivity index (χ4v) is 2.38. The highest BCUT2D eigenvalue weighted by atomic mass is 35.5. The van der Waals surface area contributed by atoms with Gasteiger partial charge in [-0.05, 0) is 26.0 Å². The van der Waals surface area contributed by atoms with Gasteiger partial charge in [0.25, 0.3) is 5.91 Å². The van der Waals surface area contributed by atoms with E-state index in [0.717, 1.165) is 12.1 Å². The van der Waals surface area contributed by atoms with Crippen molar-refractivity contribution in [3.8, 4) is 17.0 Å².